The molecular weight excluding hydrogens is 434 g/mol. The second-order valence-corrected chi connectivity index (χ2v) is 8.46. The Hall–Kier alpha value is -3.39. The molecule has 2 N–H and O–H groups in total. The van der Waals surface area contributed by atoms with Crippen LogP contribution < -0.4 is 15.4 Å². The normalized spacial score (nSPS) is 14.9. The number of hydrogen-bond donors (Lipinski definition) is 2. The van der Waals surface area contributed by atoms with Crippen LogP contribution in [0.25, 0.3) is 0 Å². The number of hydrogen-bond acceptors (Lipinski definition) is 5. The largest absolute Gasteiger partial charge is 0.497 e. The van der Waals surface area contributed by atoms with Crippen molar-refractivity contribution in [2.45, 2.75) is 25.8 Å². The predicted molar refractivity (Wildman–Crippen MR) is 129 cm³/mol. The highest BCUT2D eigenvalue weighted by atomic mass is 16.5. The summed E-state index contributed by atoms with van der Waals surface area (Å²) in [6, 6.07) is 13.6. The van der Waals surface area contributed by atoms with Crippen LogP contribution in [0.1, 0.15) is 39.1 Å². The van der Waals surface area contributed by atoms with E-state index in [9.17, 15) is 14.4 Å². The second kappa shape index (κ2) is 12.2. The molecule has 3 rings (SSSR count). The van der Waals surface area contributed by atoms with Crippen LogP contribution in [0.5, 0.6) is 5.75 Å². The van der Waals surface area contributed by atoms with Gasteiger partial charge in [-0.15, -0.1) is 0 Å². The van der Waals surface area contributed by atoms with Gasteiger partial charge in [-0.05, 0) is 56.0 Å². The average Bonchev–Trinajstić information content (AvgIpc) is 2.87. The molecule has 0 radical (unpaired) electrons. The maximum atomic E-state index is 13.0. The Labute approximate surface area is 200 Å². The van der Waals surface area contributed by atoms with E-state index in [2.05, 4.69) is 10.6 Å². The van der Waals surface area contributed by atoms with Crippen LogP contribution >= 0.6 is 0 Å². The minimum absolute atomic E-state index is 0.0139. The lowest BCUT2D eigenvalue weighted by molar-refractivity contribution is -0.124. The van der Waals surface area contributed by atoms with E-state index < -0.39 is 6.04 Å². The van der Waals surface area contributed by atoms with Crippen LogP contribution in [0.15, 0.2) is 48.5 Å². The molecule has 2 aromatic carbocycles. The van der Waals surface area contributed by atoms with Gasteiger partial charge in [0.15, 0.2) is 0 Å². The number of methoxy groups -OCH3 is 2. The van der Waals surface area contributed by atoms with Gasteiger partial charge < -0.3 is 25.0 Å². The molecule has 1 unspecified atom stereocenters. The van der Waals surface area contributed by atoms with Crippen LogP contribution in [-0.4, -0.2) is 69.1 Å². The Morgan fingerprint density at radius 1 is 1.03 bits per heavy atom. The fraction of sp³-hybridized carbons (Fsp3) is 0.423. The number of rotatable bonds is 9. The van der Waals surface area contributed by atoms with E-state index in [1.54, 1.807) is 31.4 Å². The smallest absolute Gasteiger partial charge is 0.253 e. The highest BCUT2D eigenvalue weighted by molar-refractivity contribution is 5.98. The summed E-state index contributed by atoms with van der Waals surface area (Å²) in [5.41, 5.74) is 2.18. The van der Waals surface area contributed by atoms with Crippen LogP contribution in [0, 0.1) is 12.8 Å². The van der Waals surface area contributed by atoms with Crippen molar-refractivity contribution in [3.8, 4) is 5.75 Å². The van der Waals surface area contributed by atoms with Crippen molar-refractivity contribution in [1.29, 1.82) is 0 Å². The predicted octanol–water partition coefficient (Wildman–Crippen LogP) is 2.42. The van der Waals surface area contributed by atoms with Gasteiger partial charge in [0.25, 0.3) is 11.8 Å². The quantitative estimate of drug-likeness (QED) is 0.552. The van der Waals surface area contributed by atoms with Gasteiger partial charge in [0.2, 0.25) is 5.91 Å². The number of nitrogens with one attached hydrogen (secondary N) is 2. The molecule has 0 spiro atoms. The Kier molecular flexibility index (Phi) is 9.04. The summed E-state index contributed by atoms with van der Waals surface area (Å²) in [5, 5.41) is 5.75. The first-order valence-electron chi connectivity index (χ1n) is 11.5. The SMILES string of the molecule is COCCNC(=O)C(NC(=O)c1cccc(OC)c1)C1CCN(C(=O)c2ccc(C)cc2)CC1. The van der Waals surface area contributed by atoms with Gasteiger partial charge in [0, 0.05) is 37.9 Å². The average molecular weight is 468 g/mol. The van der Waals surface area contributed by atoms with E-state index in [0.717, 1.165) is 5.56 Å². The minimum atomic E-state index is -0.716. The lowest BCUT2D eigenvalue weighted by Gasteiger charge is -2.36. The summed E-state index contributed by atoms with van der Waals surface area (Å²) in [6.45, 7) is 3.76. The minimum Gasteiger partial charge on any atom is -0.497 e. The Morgan fingerprint density at radius 2 is 1.74 bits per heavy atom. The van der Waals surface area contributed by atoms with Crippen LogP contribution in [0.3, 0.4) is 0 Å². The van der Waals surface area contributed by atoms with Crippen molar-refractivity contribution in [1.82, 2.24) is 15.5 Å². The van der Waals surface area contributed by atoms with Gasteiger partial charge in [-0.25, -0.2) is 0 Å². The second-order valence-electron chi connectivity index (χ2n) is 8.46. The highest BCUT2D eigenvalue weighted by Crippen LogP contribution is 2.23. The number of carbonyl (C=O) groups excluding carboxylic acids is 3. The standard InChI is InChI=1S/C26H33N3O5/c1-18-7-9-20(10-8-18)26(32)29-14-11-19(12-15-29)23(25(31)27-13-16-33-2)28-24(30)21-5-4-6-22(17-21)34-3/h4-10,17,19,23H,11-16H2,1-3H3,(H,27,31)(H,28,30). The van der Waals surface area contributed by atoms with E-state index in [0.29, 0.717) is 56.0 Å². The molecular formula is C26H33N3O5. The lowest BCUT2D eigenvalue weighted by atomic mass is 9.88. The highest BCUT2D eigenvalue weighted by Gasteiger charge is 2.34. The summed E-state index contributed by atoms with van der Waals surface area (Å²) in [5.74, 6) is -0.142. The van der Waals surface area contributed by atoms with Crippen LogP contribution in [0.4, 0.5) is 0 Å². The molecule has 1 heterocycles. The first-order chi connectivity index (χ1) is 16.4. The molecule has 1 aliphatic rings. The zero-order chi connectivity index (χ0) is 24.5. The Bertz CT molecular complexity index is 984. The molecule has 0 aromatic heterocycles. The number of benzene rings is 2. The van der Waals surface area contributed by atoms with Crippen molar-refractivity contribution in [3.05, 3.63) is 65.2 Å². The van der Waals surface area contributed by atoms with Gasteiger partial charge in [-0.3, -0.25) is 14.4 Å². The lowest BCUT2D eigenvalue weighted by Crippen LogP contribution is -2.54. The van der Waals surface area contributed by atoms with Crippen LogP contribution in [-0.2, 0) is 9.53 Å². The fourth-order valence-electron chi connectivity index (χ4n) is 4.09. The van der Waals surface area contributed by atoms with E-state index >= 15 is 0 Å². The van der Waals surface area contributed by atoms with Gasteiger partial charge in [-0.2, -0.15) is 0 Å². The maximum Gasteiger partial charge on any atom is 0.253 e. The van der Waals surface area contributed by atoms with Gasteiger partial charge in [-0.1, -0.05) is 23.8 Å². The maximum absolute atomic E-state index is 13.0. The van der Waals surface area contributed by atoms with Crippen molar-refractivity contribution >= 4 is 17.7 Å². The Morgan fingerprint density at radius 3 is 2.38 bits per heavy atom. The first kappa shape index (κ1) is 25.2. The van der Waals surface area contributed by atoms with Crippen molar-refractivity contribution < 1.29 is 23.9 Å². The third-order valence-corrected chi connectivity index (χ3v) is 6.10. The summed E-state index contributed by atoms with van der Waals surface area (Å²) in [6.07, 6.45) is 1.22. The third-order valence-electron chi connectivity index (χ3n) is 6.10. The zero-order valence-corrected chi connectivity index (χ0v) is 20.0. The molecule has 34 heavy (non-hydrogen) atoms. The number of aryl methyl sites for hydroxylation is 1. The summed E-state index contributed by atoms with van der Waals surface area (Å²) < 4.78 is 10.2. The Balaban J connectivity index is 1.68. The zero-order valence-electron chi connectivity index (χ0n) is 20.0. The van der Waals surface area contributed by atoms with Crippen molar-refractivity contribution in [2.24, 2.45) is 5.92 Å². The number of likely N-dealkylation sites (tertiary alicyclic amines) is 1. The number of amides is 3. The van der Waals surface area contributed by atoms with Crippen LogP contribution in [0.2, 0.25) is 0 Å². The van der Waals surface area contributed by atoms with Gasteiger partial charge in [0.05, 0.1) is 13.7 Å². The van der Waals surface area contributed by atoms with E-state index in [4.69, 9.17) is 9.47 Å². The number of nitrogens with zero attached hydrogens (tertiary/aromatic N) is 1. The molecule has 1 aliphatic heterocycles. The summed E-state index contributed by atoms with van der Waals surface area (Å²) >= 11 is 0. The van der Waals surface area contributed by atoms with Crippen molar-refractivity contribution in [2.75, 3.05) is 40.5 Å². The number of piperidine rings is 1. The third kappa shape index (κ3) is 6.57. The molecule has 1 saturated heterocycles. The molecule has 0 aliphatic carbocycles. The fourth-order valence-corrected chi connectivity index (χ4v) is 4.09. The van der Waals surface area contributed by atoms with E-state index in [1.165, 1.54) is 7.11 Å². The molecule has 8 heteroatoms. The molecule has 2 aromatic rings. The van der Waals surface area contributed by atoms with Crippen molar-refractivity contribution in [3.63, 3.8) is 0 Å². The molecule has 1 fully saturated rings. The molecule has 1 atom stereocenters. The van der Waals surface area contributed by atoms with Gasteiger partial charge in [0.1, 0.15) is 11.8 Å². The number of ether oxygens (including phenoxy) is 2. The molecule has 182 valence electrons. The summed E-state index contributed by atoms with van der Waals surface area (Å²) in [4.78, 5) is 40.6. The monoisotopic (exact) mass is 467 g/mol. The first-order valence-corrected chi connectivity index (χ1v) is 11.5. The molecule has 0 saturated carbocycles. The van der Waals surface area contributed by atoms with E-state index in [-0.39, 0.29) is 23.6 Å². The molecule has 3 amide bonds. The topological polar surface area (TPSA) is 97.0 Å². The number of carbonyl (C=O) groups is 3. The van der Waals surface area contributed by atoms with Gasteiger partial charge >= 0.3 is 0 Å². The molecule has 8 nitrogen and oxygen atoms in total. The van der Waals surface area contributed by atoms with E-state index in [1.807, 2.05) is 36.1 Å². The summed E-state index contributed by atoms with van der Waals surface area (Å²) in [7, 11) is 3.10. The molecule has 0 bridgehead atoms.